The van der Waals surface area contributed by atoms with Crippen LogP contribution in [0.15, 0.2) is 18.2 Å². The summed E-state index contributed by atoms with van der Waals surface area (Å²) in [6, 6.07) is 3.55. The summed E-state index contributed by atoms with van der Waals surface area (Å²) in [6.45, 7) is 4.60. The molecule has 3 N–H and O–H groups in total. The summed E-state index contributed by atoms with van der Waals surface area (Å²) in [7, 11) is 0. The minimum Gasteiger partial charge on any atom is -0.478 e. The van der Waals surface area contributed by atoms with E-state index in [-0.39, 0.29) is 22.3 Å². The predicted molar refractivity (Wildman–Crippen MR) is 76.5 cm³/mol. The number of carbonyl (C=O) groups excluding carboxylic acids is 1. The van der Waals surface area contributed by atoms with E-state index in [1.807, 2.05) is 6.92 Å². The highest BCUT2D eigenvalue weighted by molar-refractivity contribution is 6.31. The average molecular weight is 301 g/mol. The number of anilines is 1. The van der Waals surface area contributed by atoms with E-state index in [1.165, 1.54) is 18.2 Å². The zero-order chi connectivity index (χ0) is 15.1. The molecule has 0 spiro atoms. The Morgan fingerprint density at radius 1 is 1.45 bits per heavy atom. The fraction of sp³-hybridized carbons (Fsp3) is 0.385. The van der Waals surface area contributed by atoms with Gasteiger partial charge in [-0.05, 0) is 32.0 Å². The Bertz CT molecular complexity index is 493. The molecule has 1 unspecified atom stereocenters. The third-order valence-electron chi connectivity index (χ3n) is 2.41. The number of carboxylic acids is 1. The Labute approximate surface area is 122 Å². The van der Waals surface area contributed by atoms with Gasteiger partial charge in [-0.2, -0.15) is 0 Å². The SMILES string of the molecule is CCOCC(C)NC(=O)Nc1ccc(Cl)cc1C(=O)O. The van der Waals surface area contributed by atoms with Gasteiger partial charge in [-0.3, -0.25) is 0 Å². The number of amides is 2. The Balaban J connectivity index is 2.68. The van der Waals surface area contributed by atoms with Crippen LogP contribution in [0.25, 0.3) is 0 Å². The maximum atomic E-state index is 11.7. The molecule has 7 heteroatoms. The Morgan fingerprint density at radius 2 is 2.15 bits per heavy atom. The Morgan fingerprint density at radius 3 is 2.75 bits per heavy atom. The van der Waals surface area contributed by atoms with Gasteiger partial charge in [0.05, 0.1) is 23.9 Å². The number of benzene rings is 1. The van der Waals surface area contributed by atoms with E-state index < -0.39 is 12.0 Å². The molecule has 1 aromatic carbocycles. The zero-order valence-corrected chi connectivity index (χ0v) is 12.0. The smallest absolute Gasteiger partial charge is 0.337 e. The van der Waals surface area contributed by atoms with E-state index in [2.05, 4.69) is 10.6 Å². The highest BCUT2D eigenvalue weighted by Gasteiger charge is 2.14. The molecule has 0 saturated carbocycles. The number of ether oxygens (including phenoxy) is 1. The number of halogens is 1. The molecule has 1 aromatic rings. The standard InChI is InChI=1S/C13H17ClN2O4/c1-3-20-7-8(2)15-13(19)16-11-5-4-9(14)6-10(11)12(17)18/h4-6,8H,3,7H2,1-2H3,(H,17,18)(H2,15,16,19). The summed E-state index contributed by atoms with van der Waals surface area (Å²) in [5.74, 6) is -1.16. The predicted octanol–water partition coefficient (Wildman–Crippen LogP) is 2.58. The molecular weight excluding hydrogens is 284 g/mol. The second kappa shape index (κ2) is 7.72. The molecule has 1 atom stereocenters. The van der Waals surface area contributed by atoms with Crippen molar-refractivity contribution < 1.29 is 19.4 Å². The molecule has 0 aliphatic rings. The highest BCUT2D eigenvalue weighted by atomic mass is 35.5. The van der Waals surface area contributed by atoms with Crippen molar-refractivity contribution in [3.8, 4) is 0 Å². The normalized spacial score (nSPS) is 11.8. The fourth-order valence-corrected chi connectivity index (χ4v) is 1.69. The molecule has 0 aromatic heterocycles. The number of nitrogens with one attached hydrogen (secondary N) is 2. The molecule has 2 amide bonds. The first kappa shape index (κ1) is 16.3. The largest absolute Gasteiger partial charge is 0.478 e. The second-order valence-electron chi connectivity index (χ2n) is 4.15. The fourth-order valence-electron chi connectivity index (χ4n) is 1.52. The van der Waals surface area contributed by atoms with Crippen molar-refractivity contribution in [2.45, 2.75) is 19.9 Å². The van der Waals surface area contributed by atoms with Crippen molar-refractivity contribution >= 4 is 29.3 Å². The summed E-state index contributed by atoms with van der Waals surface area (Å²) in [5, 5.41) is 14.5. The lowest BCUT2D eigenvalue weighted by Crippen LogP contribution is -2.39. The number of urea groups is 1. The number of hydrogen-bond acceptors (Lipinski definition) is 3. The van der Waals surface area contributed by atoms with Gasteiger partial charge in [0.15, 0.2) is 0 Å². The first-order valence-corrected chi connectivity index (χ1v) is 6.50. The third kappa shape index (κ3) is 5.07. The number of aromatic carboxylic acids is 1. The molecule has 0 aliphatic carbocycles. The maximum Gasteiger partial charge on any atom is 0.337 e. The van der Waals surface area contributed by atoms with Crippen LogP contribution in [0, 0.1) is 0 Å². The Hall–Kier alpha value is -1.79. The topological polar surface area (TPSA) is 87.7 Å². The lowest BCUT2D eigenvalue weighted by atomic mass is 10.2. The van der Waals surface area contributed by atoms with Gasteiger partial charge < -0.3 is 20.5 Å². The van der Waals surface area contributed by atoms with Crippen molar-refractivity contribution in [3.05, 3.63) is 28.8 Å². The van der Waals surface area contributed by atoms with Gasteiger partial charge in [0.1, 0.15) is 0 Å². The summed E-state index contributed by atoms with van der Waals surface area (Å²) < 4.78 is 5.17. The minimum absolute atomic E-state index is 0.0647. The molecule has 6 nitrogen and oxygen atoms in total. The number of rotatable bonds is 6. The van der Waals surface area contributed by atoms with Gasteiger partial charge >= 0.3 is 12.0 Å². The molecule has 110 valence electrons. The monoisotopic (exact) mass is 300 g/mol. The molecule has 0 radical (unpaired) electrons. The van der Waals surface area contributed by atoms with Gasteiger partial charge in [-0.15, -0.1) is 0 Å². The van der Waals surface area contributed by atoms with Crippen LogP contribution in [0.3, 0.4) is 0 Å². The van der Waals surface area contributed by atoms with E-state index >= 15 is 0 Å². The Kier molecular flexibility index (Phi) is 6.27. The van der Waals surface area contributed by atoms with E-state index in [0.717, 1.165) is 0 Å². The lowest BCUT2D eigenvalue weighted by molar-refractivity contribution is 0.0698. The number of carbonyl (C=O) groups is 2. The van der Waals surface area contributed by atoms with E-state index in [0.29, 0.717) is 13.2 Å². The second-order valence-corrected chi connectivity index (χ2v) is 4.59. The van der Waals surface area contributed by atoms with Crippen LogP contribution in [0.4, 0.5) is 10.5 Å². The van der Waals surface area contributed by atoms with Crippen molar-refractivity contribution in [1.29, 1.82) is 0 Å². The van der Waals surface area contributed by atoms with Gasteiger partial charge in [0, 0.05) is 11.6 Å². The van der Waals surface area contributed by atoms with Crippen LogP contribution < -0.4 is 10.6 Å². The molecule has 0 heterocycles. The van der Waals surface area contributed by atoms with E-state index in [9.17, 15) is 9.59 Å². The first-order chi connectivity index (χ1) is 9.43. The number of carboxylic acid groups (broad SMARTS) is 1. The molecule has 0 fully saturated rings. The molecular formula is C13H17ClN2O4. The van der Waals surface area contributed by atoms with Gasteiger partial charge in [-0.1, -0.05) is 11.6 Å². The van der Waals surface area contributed by atoms with Crippen molar-refractivity contribution in [2.75, 3.05) is 18.5 Å². The molecule has 0 aliphatic heterocycles. The van der Waals surface area contributed by atoms with E-state index in [4.69, 9.17) is 21.4 Å². The van der Waals surface area contributed by atoms with Crippen molar-refractivity contribution in [2.24, 2.45) is 0 Å². The zero-order valence-electron chi connectivity index (χ0n) is 11.3. The summed E-state index contributed by atoms with van der Waals surface area (Å²) in [5.41, 5.74) is 0.119. The quantitative estimate of drug-likeness (QED) is 0.753. The highest BCUT2D eigenvalue weighted by Crippen LogP contribution is 2.20. The van der Waals surface area contributed by atoms with Crippen LogP contribution in [0.5, 0.6) is 0 Å². The van der Waals surface area contributed by atoms with Crippen LogP contribution in [-0.2, 0) is 4.74 Å². The van der Waals surface area contributed by atoms with Crippen molar-refractivity contribution in [3.63, 3.8) is 0 Å². The van der Waals surface area contributed by atoms with Gasteiger partial charge in [0.25, 0.3) is 0 Å². The third-order valence-corrected chi connectivity index (χ3v) is 2.64. The van der Waals surface area contributed by atoms with Crippen LogP contribution in [0.1, 0.15) is 24.2 Å². The van der Waals surface area contributed by atoms with Crippen LogP contribution in [0.2, 0.25) is 5.02 Å². The van der Waals surface area contributed by atoms with Crippen molar-refractivity contribution in [1.82, 2.24) is 5.32 Å². The van der Waals surface area contributed by atoms with Gasteiger partial charge in [0.2, 0.25) is 0 Å². The van der Waals surface area contributed by atoms with Crippen LogP contribution in [-0.4, -0.2) is 36.4 Å². The lowest BCUT2D eigenvalue weighted by Gasteiger charge is -2.15. The molecule has 0 saturated heterocycles. The first-order valence-electron chi connectivity index (χ1n) is 6.12. The minimum atomic E-state index is -1.16. The maximum absolute atomic E-state index is 11.7. The molecule has 20 heavy (non-hydrogen) atoms. The summed E-state index contributed by atoms with van der Waals surface area (Å²) in [6.07, 6.45) is 0. The molecule has 0 bridgehead atoms. The molecule has 1 rings (SSSR count). The average Bonchev–Trinajstić information content (AvgIpc) is 2.38. The number of hydrogen-bond donors (Lipinski definition) is 3. The van der Waals surface area contributed by atoms with Gasteiger partial charge in [-0.25, -0.2) is 9.59 Å². The van der Waals surface area contributed by atoms with E-state index in [1.54, 1.807) is 6.92 Å². The van der Waals surface area contributed by atoms with Crippen LogP contribution >= 0.6 is 11.6 Å². The summed E-state index contributed by atoms with van der Waals surface area (Å²) in [4.78, 5) is 22.8. The summed E-state index contributed by atoms with van der Waals surface area (Å²) >= 11 is 5.73.